The number of hydrogen-bond donors (Lipinski definition) is 0. The van der Waals surface area contributed by atoms with Gasteiger partial charge in [0.1, 0.15) is 0 Å². The van der Waals surface area contributed by atoms with E-state index in [9.17, 15) is 0 Å². The summed E-state index contributed by atoms with van der Waals surface area (Å²) in [5, 5.41) is 3.23. The molecule has 0 aromatic rings. The molecule has 0 atom stereocenters. The SMILES string of the molecule is CC(C)[B]N=[N+]=[N-]. The Morgan fingerprint density at radius 3 is 2.43 bits per heavy atom. The third kappa shape index (κ3) is 5.37. The highest BCUT2D eigenvalue weighted by Crippen LogP contribution is 1.95. The zero-order valence-corrected chi connectivity index (χ0v) is 4.50. The van der Waals surface area contributed by atoms with Gasteiger partial charge in [0.15, 0.2) is 0 Å². The van der Waals surface area contributed by atoms with Gasteiger partial charge in [0, 0.05) is 0 Å². The largest absolute Gasteiger partial charge is 0.222 e. The molecule has 0 heterocycles. The molecule has 3 nitrogen and oxygen atoms in total. The third-order valence-electron chi connectivity index (χ3n) is 0.416. The van der Waals surface area contributed by atoms with Crippen LogP contribution in [0.25, 0.3) is 10.4 Å². The van der Waals surface area contributed by atoms with Crippen LogP contribution in [0.5, 0.6) is 0 Å². The minimum Gasteiger partial charge on any atom is -0.156 e. The maximum Gasteiger partial charge on any atom is 0.222 e. The highest BCUT2D eigenvalue weighted by molar-refractivity contribution is 6.34. The summed E-state index contributed by atoms with van der Waals surface area (Å²) in [5.41, 5.74) is 7.74. The second-order valence-corrected chi connectivity index (χ2v) is 1.60. The van der Waals surface area contributed by atoms with Crippen LogP contribution in [-0.2, 0) is 0 Å². The molecule has 0 rings (SSSR count). The summed E-state index contributed by atoms with van der Waals surface area (Å²) in [6, 6.07) is 0. The molecule has 0 bridgehead atoms. The average Bonchev–Trinajstić information content (AvgIpc) is 1.61. The van der Waals surface area contributed by atoms with Crippen molar-refractivity contribution in [1.29, 1.82) is 0 Å². The minimum absolute atomic E-state index is 0.357. The molecule has 1 radical (unpaired) electrons. The van der Waals surface area contributed by atoms with Crippen molar-refractivity contribution in [2.24, 2.45) is 5.03 Å². The molecule has 0 aliphatic rings. The Kier molecular flexibility index (Phi) is 3.24. The van der Waals surface area contributed by atoms with Gasteiger partial charge in [-0.1, -0.05) is 19.7 Å². The molecule has 0 saturated carbocycles. The molecular weight excluding hydrogens is 88.9 g/mol. The topological polar surface area (TPSA) is 48.8 Å². The van der Waals surface area contributed by atoms with Gasteiger partial charge in [-0.05, 0) is 10.4 Å². The molecule has 0 amide bonds. The fourth-order valence-electron chi connectivity index (χ4n) is 0.163. The summed E-state index contributed by atoms with van der Waals surface area (Å²) in [6.07, 6.45) is 0. The average molecular weight is 95.9 g/mol. The van der Waals surface area contributed by atoms with E-state index in [1.54, 1.807) is 7.41 Å². The predicted octanol–water partition coefficient (Wildman–Crippen LogP) is 1.74. The van der Waals surface area contributed by atoms with E-state index >= 15 is 0 Å². The first-order valence-electron chi connectivity index (χ1n) is 2.15. The van der Waals surface area contributed by atoms with E-state index in [0.29, 0.717) is 5.82 Å². The van der Waals surface area contributed by atoms with E-state index in [0.717, 1.165) is 0 Å². The number of azide groups is 1. The molecule has 0 aromatic heterocycles. The van der Waals surface area contributed by atoms with Crippen molar-refractivity contribution in [3.63, 3.8) is 0 Å². The fraction of sp³-hybridized carbons (Fsp3) is 1.00. The van der Waals surface area contributed by atoms with E-state index < -0.39 is 0 Å². The van der Waals surface area contributed by atoms with Gasteiger partial charge in [-0.3, -0.25) is 0 Å². The number of hydrogen-bond acceptors (Lipinski definition) is 1. The van der Waals surface area contributed by atoms with E-state index in [1.165, 1.54) is 0 Å². The van der Waals surface area contributed by atoms with Crippen molar-refractivity contribution in [1.82, 2.24) is 0 Å². The normalized spacial score (nSPS) is 7.86. The van der Waals surface area contributed by atoms with E-state index in [1.807, 2.05) is 13.8 Å². The minimum atomic E-state index is 0.357. The predicted molar refractivity (Wildman–Crippen MR) is 30.0 cm³/mol. The second-order valence-electron chi connectivity index (χ2n) is 1.60. The van der Waals surface area contributed by atoms with Crippen LogP contribution >= 0.6 is 0 Å². The van der Waals surface area contributed by atoms with Gasteiger partial charge in [0.05, 0.1) is 0 Å². The van der Waals surface area contributed by atoms with Gasteiger partial charge in [-0.15, -0.1) is 0 Å². The zero-order chi connectivity index (χ0) is 5.70. The van der Waals surface area contributed by atoms with Crippen LogP contribution in [-0.4, -0.2) is 7.41 Å². The Morgan fingerprint density at radius 1 is 1.71 bits per heavy atom. The summed E-state index contributed by atoms with van der Waals surface area (Å²) in [5.74, 6) is 0.357. The second kappa shape index (κ2) is 3.56. The first-order chi connectivity index (χ1) is 3.27. The van der Waals surface area contributed by atoms with Gasteiger partial charge in [-0.25, -0.2) is 0 Å². The highest BCUT2D eigenvalue weighted by atomic mass is 15.1. The van der Waals surface area contributed by atoms with E-state index in [2.05, 4.69) is 9.94 Å². The lowest BCUT2D eigenvalue weighted by Gasteiger charge is -1.88. The summed E-state index contributed by atoms with van der Waals surface area (Å²) in [7, 11) is 1.56. The fourth-order valence-corrected chi connectivity index (χ4v) is 0.163. The van der Waals surface area contributed by atoms with Crippen LogP contribution in [0.15, 0.2) is 5.03 Å². The van der Waals surface area contributed by atoms with E-state index in [4.69, 9.17) is 5.53 Å². The summed E-state index contributed by atoms with van der Waals surface area (Å²) < 4.78 is 0. The molecule has 0 spiro atoms. The van der Waals surface area contributed by atoms with Gasteiger partial charge in [0.25, 0.3) is 0 Å². The molecule has 0 N–H and O–H groups in total. The molecule has 0 aromatic carbocycles. The molecule has 0 aliphatic carbocycles. The first kappa shape index (κ1) is 6.37. The molecular formula is C3H7BN3. The maximum atomic E-state index is 7.74. The Hall–Kier alpha value is -0.625. The Labute approximate surface area is 43.6 Å². The van der Waals surface area contributed by atoms with Gasteiger partial charge in [0.2, 0.25) is 7.41 Å². The van der Waals surface area contributed by atoms with Crippen molar-refractivity contribution < 1.29 is 0 Å². The molecule has 7 heavy (non-hydrogen) atoms. The van der Waals surface area contributed by atoms with Crippen molar-refractivity contribution in [3.8, 4) is 0 Å². The lowest BCUT2D eigenvalue weighted by molar-refractivity contribution is 1.05. The standard InChI is InChI=1S/C3H7BN3/c1-3(2)4-6-7-5/h3H,1-2H3. The third-order valence-corrected chi connectivity index (χ3v) is 0.416. The number of rotatable bonds is 2. The van der Waals surface area contributed by atoms with Crippen molar-refractivity contribution in [2.75, 3.05) is 0 Å². The molecule has 0 aliphatic heterocycles. The van der Waals surface area contributed by atoms with Crippen LogP contribution in [0.1, 0.15) is 13.8 Å². The molecule has 0 unspecified atom stereocenters. The Balaban J connectivity index is 3.13. The van der Waals surface area contributed by atoms with Crippen LogP contribution < -0.4 is 0 Å². The lowest BCUT2D eigenvalue weighted by Crippen LogP contribution is -1.86. The van der Waals surface area contributed by atoms with Crippen LogP contribution in [0, 0.1) is 0 Å². The van der Waals surface area contributed by atoms with Crippen molar-refractivity contribution in [3.05, 3.63) is 10.4 Å². The summed E-state index contributed by atoms with van der Waals surface area (Å²) in [4.78, 5) is 2.55. The highest BCUT2D eigenvalue weighted by Gasteiger charge is 1.88. The smallest absolute Gasteiger partial charge is 0.156 e. The maximum absolute atomic E-state index is 7.74. The van der Waals surface area contributed by atoms with Crippen molar-refractivity contribution in [2.45, 2.75) is 19.7 Å². The lowest BCUT2D eigenvalue weighted by atomic mass is 9.80. The van der Waals surface area contributed by atoms with Crippen LogP contribution in [0.2, 0.25) is 5.82 Å². The van der Waals surface area contributed by atoms with Gasteiger partial charge < -0.3 is 0 Å². The van der Waals surface area contributed by atoms with Gasteiger partial charge in [-0.2, -0.15) is 5.03 Å². The summed E-state index contributed by atoms with van der Waals surface area (Å²) >= 11 is 0. The Morgan fingerprint density at radius 2 is 2.29 bits per heavy atom. The molecule has 37 valence electrons. The first-order valence-corrected chi connectivity index (χ1v) is 2.15. The van der Waals surface area contributed by atoms with Crippen molar-refractivity contribution >= 4 is 7.41 Å². The Bertz CT molecular complexity index is 84.2. The zero-order valence-electron chi connectivity index (χ0n) is 4.50. The van der Waals surface area contributed by atoms with E-state index in [-0.39, 0.29) is 0 Å². The number of nitrogens with zero attached hydrogens (tertiary/aromatic N) is 3. The monoisotopic (exact) mass is 96.1 g/mol. The molecule has 0 saturated heterocycles. The summed E-state index contributed by atoms with van der Waals surface area (Å²) in [6.45, 7) is 3.91. The molecule has 4 heteroatoms. The van der Waals surface area contributed by atoms with Gasteiger partial charge >= 0.3 is 0 Å². The molecule has 0 fully saturated rings. The van der Waals surface area contributed by atoms with Crippen LogP contribution in [0.4, 0.5) is 0 Å². The quantitative estimate of drug-likeness (QED) is 0.217. The van der Waals surface area contributed by atoms with Crippen LogP contribution in [0.3, 0.4) is 0 Å².